The highest BCUT2D eigenvalue weighted by Gasteiger charge is 2.15. The van der Waals surface area contributed by atoms with E-state index in [1.54, 1.807) is 0 Å². The van der Waals surface area contributed by atoms with Crippen molar-refractivity contribution in [2.45, 2.75) is 39.2 Å². The Morgan fingerprint density at radius 1 is 1.12 bits per heavy atom. The second-order valence-corrected chi connectivity index (χ2v) is 7.56. The van der Waals surface area contributed by atoms with Crippen LogP contribution in [0.4, 0.5) is 0 Å². The van der Waals surface area contributed by atoms with Gasteiger partial charge in [0, 0.05) is 17.1 Å². The Morgan fingerprint density at radius 3 is 2.54 bits per heavy atom. The molecule has 0 bridgehead atoms. The number of aromatic nitrogens is 2. The molecule has 0 unspecified atom stereocenters. The van der Waals surface area contributed by atoms with E-state index >= 15 is 0 Å². The maximum absolute atomic E-state index is 12.7. The number of nitrogens with zero attached hydrogens (tertiary/aromatic N) is 2. The summed E-state index contributed by atoms with van der Waals surface area (Å²) in [5.41, 5.74) is 4.29. The summed E-state index contributed by atoms with van der Waals surface area (Å²) in [7, 11) is 1.91. The molecule has 0 saturated carbocycles. The van der Waals surface area contributed by atoms with Crippen molar-refractivity contribution in [3.63, 3.8) is 0 Å². The minimum atomic E-state index is 0.0138. The Kier molecular flexibility index (Phi) is 5.77. The molecule has 0 aliphatic heterocycles. The summed E-state index contributed by atoms with van der Waals surface area (Å²) in [6.07, 6.45) is 4.54. The number of ketones is 1. The highest BCUT2D eigenvalue weighted by atomic mass is 79.9. The largest absolute Gasteiger partial charge is 0.313 e. The van der Waals surface area contributed by atoms with Gasteiger partial charge in [-0.05, 0) is 36.6 Å². The number of benzene rings is 2. The van der Waals surface area contributed by atoms with Crippen LogP contribution in [0.1, 0.15) is 42.1 Å². The molecule has 0 saturated heterocycles. The van der Waals surface area contributed by atoms with E-state index in [4.69, 9.17) is 5.41 Å². The highest BCUT2D eigenvalue weighted by Crippen LogP contribution is 2.20. The lowest BCUT2D eigenvalue weighted by molar-refractivity contribution is 0.0971. The van der Waals surface area contributed by atoms with Gasteiger partial charge in [-0.3, -0.25) is 10.2 Å². The van der Waals surface area contributed by atoms with Crippen molar-refractivity contribution in [2.24, 2.45) is 7.05 Å². The number of rotatable bonds is 7. The van der Waals surface area contributed by atoms with E-state index < -0.39 is 0 Å². The summed E-state index contributed by atoms with van der Waals surface area (Å²) in [4.78, 5) is 12.7. The first-order chi connectivity index (χ1) is 12.5. The minimum absolute atomic E-state index is 0.0138. The van der Waals surface area contributed by atoms with Gasteiger partial charge in [0.1, 0.15) is 0 Å². The van der Waals surface area contributed by atoms with E-state index in [0.717, 1.165) is 28.3 Å². The summed E-state index contributed by atoms with van der Waals surface area (Å²) in [6.45, 7) is 2.38. The van der Waals surface area contributed by atoms with E-state index in [9.17, 15) is 4.79 Å². The lowest BCUT2D eigenvalue weighted by atomic mass is 10.1. The number of unbranched alkanes of at least 4 members (excludes halogenated alkanes) is 2. The van der Waals surface area contributed by atoms with Crippen LogP contribution in [0.25, 0.3) is 11.0 Å². The average molecular weight is 414 g/mol. The van der Waals surface area contributed by atoms with Crippen LogP contribution < -0.4 is 5.62 Å². The Labute approximate surface area is 162 Å². The lowest BCUT2D eigenvalue weighted by Gasteiger charge is -2.06. The summed E-state index contributed by atoms with van der Waals surface area (Å²) in [6, 6.07) is 13.5. The molecule has 3 rings (SSSR count). The molecule has 1 N–H and O–H groups in total. The molecule has 1 aromatic heterocycles. The maximum atomic E-state index is 12.7. The molecule has 0 spiro atoms. The molecule has 136 valence electrons. The van der Waals surface area contributed by atoms with Gasteiger partial charge in [-0.15, -0.1) is 0 Å². The van der Waals surface area contributed by atoms with Crippen LogP contribution in [0.3, 0.4) is 0 Å². The molecular formula is C21H24BrN3O. The van der Waals surface area contributed by atoms with Crippen molar-refractivity contribution in [3.05, 3.63) is 63.7 Å². The fourth-order valence-corrected chi connectivity index (χ4v) is 3.65. The van der Waals surface area contributed by atoms with E-state index in [1.807, 2.05) is 52.6 Å². The van der Waals surface area contributed by atoms with Gasteiger partial charge in [-0.1, -0.05) is 60.0 Å². The predicted molar refractivity (Wildman–Crippen MR) is 108 cm³/mol. The van der Waals surface area contributed by atoms with Crippen molar-refractivity contribution in [3.8, 4) is 0 Å². The van der Waals surface area contributed by atoms with Gasteiger partial charge in [0.25, 0.3) is 0 Å². The Hall–Kier alpha value is -2.14. The number of carbonyl (C=O) groups is 1. The van der Waals surface area contributed by atoms with E-state index in [2.05, 4.69) is 28.9 Å². The third-order valence-electron chi connectivity index (χ3n) is 4.82. The van der Waals surface area contributed by atoms with Crippen LogP contribution in [0.5, 0.6) is 0 Å². The highest BCUT2D eigenvalue weighted by molar-refractivity contribution is 9.10. The number of fused-ring (bicyclic) bond motifs is 1. The first kappa shape index (κ1) is 18.6. The van der Waals surface area contributed by atoms with Gasteiger partial charge < -0.3 is 9.13 Å². The van der Waals surface area contributed by atoms with Crippen molar-refractivity contribution in [1.82, 2.24) is 9.13 Å². The molecule has 0 aliphatic rings. The van der Waals surface area contributed by atoms with Gasteiger partial charge >= 0.3 is 0 Å². The zero-order chi connectivity index (χ0) is 18.7. The monoisotopic (exact) mass is 413 g/mol. The molecule has 26 heavy (non-hydrogen) atoms. The molecule has 0 amide bonds. The molecule has 0 atom stereocenters. The van der Waals surface area contributed by atoms with Crippen LogP contribution in [0.2, 0.25) is 0 Å². The standard InChI is InChI=1S/C21H24BrN3O/c1-3-4-5-7-16-8-6-9-18-20(16)24(2)21(23)25(18)14-19(26)15-10-12-17(22)13-11-15/h6,8-13,23H,3-5,7,14H2,1-2H3. The smallest absolute Gasteiger partial charge is 0.203 e. The third-order valence-corrected chi connectivity index (χ3v) is 5.34. The summed E-state index contributed by atoms with van der Waals surface area (Å²) in [5.74, 6) is 0.0138. The zero-order valence-corrected chi connectivity index (χ0v) is 16.8. The predicted octanol–water partition coefficient (Wildman–Crippen LogP) is 4.84. The van der Waals surface area contributed by atoms with Crippen LogP contribution in [0, 0.1) is 5.41 Å². The second kappa shape index (κ2) is 8.04. The third kappa shape index (κ3) is 3.68. The van der Waals surface area contributed by atoms with Crippen molar-refractivity contribution in [1.29, 1.82) is 5.41 Å². The normalized spacial score (nSPS) is 11.2. The van der Waals surface area contributed by atoms with Gasteiger partial charge in [0.2, 0.25) is 5.62 Å². The summed E-state index contributed by atoms with van der Waals surface area (Å²) >= 11 is 3.39. The van der Waals surface area contributed by atoms with Crippen LogP contribution in [-0.4, -0.2) is 14.9 Å². The zero-order valence-electron chi connectivity index (χ0n) is 15.3. The number of para-hydroxylation sites is 1. The van der Waals surface area contributed by atoms with Gasteiger partial charge in [-0.2, -0.15) is 0 Å². The Bertz CT molecular complexity index is 983. The number of halogens is 1. The summed E-state index contributed by atoms with van der Waals surface area (Å²) < 4.78 is 4.65. The first-order valence-corrected chi connectivity index (χ1v) is 9.82. The molecule has 5 heteroatoms. The molecule has 3 aromatic rings. The van der Waals surface area contributed by atoms with Crippen LogP contribution in [-0.2, 0) is 20.0 Å². The fourth-order valence-electron chi connectivity index (χ4n) is 3.38. The molecular weight excluding hydrogens is 390 g/mol. The van der Waals surface area contributed by atoms with Crippen molar-refractivity contribution < 1.29 is 4.79 Å². The van der Waals surface area contributed by atoms with Crippen LogP contribution in [0.15, 0.2) is 46.9 Å². The number of hydrogen-bond acceptors (Lipinski definition) is 2. The fraction of sp³-hybridized carbons (Fsp3) is 0.333. The topological polar surface area (TPSA) is 50.8 Å². The molecule has 0 fully saturated rings. The Balaban J connectivity index is 1.97. The van der Waals surface area contributed by atoms with E-state index in [1.165, 1.54) is 18.4 Å². The number of hydrogen-bond donors (Lipinski definition) is 1. The van der Waals surface area contributed by atoms with Gasteiger partial charge in [0.15, 0.2) is 5.78 Å². The van der Waals surface area contributed by atoms with E-state index in [0.29, 0.717) is 11.2 Å². The van der Waals surface area contributed by atoms with Gasteiger partial charge in [-0.25, -0.2) is 0 Å². The van der Waals surface area contributed by atoms with Crippen LogP contribution >= 0.6 is 15.9 Å². The maximum Gasteiger partial charge on any atom is 0.203 e. The van der Waals surface area contributed by atoms with E-state index in [-0.39, 0.29) is 12.3 Å². The average Bonchev–Trinajstić information content (AvgIpc) is 2.88. The quantitative estimate of drug-likeness (QED) is 0.437. The van der Waals surface area contributed by atoms with Gasteiger partial charge in [0.05, 0.1) is 17.6 Å². The Morgan fingerprint density at radius 2 is 1.85 bits per heavy atom. The number of nitrogens with one attached hydrogen (secondary N) is 1. The lowest BCUT2D eigenvalue weighted by Crippen LogP contribution is -2.25. The molecule has 1 heterocycles. The van der Waals surface area contributed by atoms with Crippen molar-refractivity contribution in [2.75, 3.05) is 0 Å². The molecule has 0 radical (unpaired) electrons. The van der Waals surface area contributed by atoms with Crippen molar-refractivity contribution >= 4 is 32.7 Å². The number of imidazole rings is 1. The second-order valence-electron chi connectivity index (χ2n) is 6.64. The number of aryl methyl sites for hydroxylation is 2. The number of carbonyl (C=O) groups excluding carboxylic acids is 1. The molecule has 2 aromatic carbocycles. The number of Topliss-reactive ketones (excluding diaryl/α,β-unsaturated/α-hetero) is 1. The summed E-state index contributed by atoms with van der Waals surface area (Å²) in [5, 5.41) is 8.49. The first-order valence-electron chi connectivity index (χ1n) is 9.03. The molecule has 4 nitrogen and oxygen atoms in total. The molecule has 0 aliphatic carbocycles. The SMILES string of the molecule is CCCCCc1cccc2c1n(C)c(=N)n2CC(=O)c1ccc(Br)cc1. The minimum Gasteiger partial charge on any atom is -0.313 e.